The highest BCUT2D eigenvalue weighted by Crippen LogP contribution is 2.29. The SMILES string of the molecule is CCCC1CCCC(NC2CC(OC)C2)CC1. The van der Waals surface area contributed by atoms with Gasteiger partial charge in [0.1, 0.15) is 0 Å². The van der Waals surface area contributed by atoms with E-state index >= 15 is 0 Å². The normalized spacial score (nSPS) is 38.5. The molecule has 0 saturated heterocycles. The fourth-order valence-corrected chi connectivity index (χ4v) is 3.47. The number of methoxy groups -OCH3 is 1. The zero-order valence-electron chi connectivity index (χ0n) is 11.6. The Balaban J connectivity index is 1.65. The number of hydrogen-bond acceptors (Lipinski definition) is 2. The Bertz CT molecular complexity index is 213. The van der Waals surface area contributed by atoms with Gasteiger partial charge in [-0.1, -0.05) is 32.6 Å². The topological polar surface area (TPSA) is 21.3 Å². The Morgan fingerprint density at radius 2 is 1.88 bits per heavy atom. The number of hydrogen-bond donors (Lipinski definition) is 1. The molecule has 100 valence electrons. The Labute approximate surface area is 107 Å². The van der Waals surface area contributed by atoms with Crippen molar-refractivity contribution in [2.75, 3.05) is 7.11 Å². The van der Waals surface area contributed by atoms with E-state index in [4.69, 9.17) is 4.74 Å². The van der Waals surface area contributed by atoms with E-state index in [1.807, 2.05) is 7.11 Å². The van der Waals surface area contributed by atoms with Gasteiger partial charge in [-0.3, -0.25) is 0 Å². The first-order chi connectivity index (χ1) is 8.31. The summed E-state index contributed by atoms with van der Waals surface area (Å²) in [7, 11) is 1.84. The molecule has 0 radical (unpaired) electrons. The molecule has 17 heavy (non-hydrogen) atoms. The van der Waals surface area contributed by atoms with Crippen LogP contribution in [0.15, 0.2) is 0 Å². The second-order valence-electron chi connectivity index (χ2n) is 6.05. The molecule has 2 unspecified atom stereocenters. The molecule has 0 amide bonds. The lowest BCUT2D eigenvalue weighted by Gasteiger charge is -2.37. The average Bonchev–Trinajstić information content (AvgIpc) is 2.49. The van der Waals surface area contributed by atoms with Crippen LogP contribution in [-0.2, 0) is 4.74 Å². The molecule has 0 aliphatic heterocycles. The molecular weight excluding hydrogens is 210 g/mol. The lowest BCUT2D eigenvalue weighted by molar-refractivity contribution is 0.0136. The minimum absolute atomic E-state index is 0.533. The van der Waals surface area contributed by atoms with Crippen LogP contribution in [0.2, 0.25) is 0 Å². The molecule has 0 heterocycles. The molecule has 2 aliphatic rings. The lowest BCUT2D eigenvalue weighted by Crippen LogP contribution is -2.49. The molecule has 0 aromatic rings. The fraction of sp³-hybridized carbons (Fsp3) is 1.00. The van der Waals surface area contributed by atoms with Crippen molar-refractivity contribution < 1.29 is 4.74 Å². The largest absolute Gasteiger partial charge is 0.381 e. The van der Waals surface area contributed by atoms with Gasteiger partial charge >= 0.3 is 0 Å². The van der Waals surface area contributed by atoms with Crippen LogP contribution in [0.5, 0.6) is 0 Å². The molecule has 0 spiro atoms. The van der Waals surface area contributed by atoms with Crippen LogP contribution in [0.25, 0.3) is 0 Å². The maximum Gasteiger partial charge on any atom is 0.0601 e. The van der Waals surface area contributed by atoms with Crippen LogP contribution in [-0.4, -0.2) is 25.3 Å². The van der Waals surface area contributed by atoms with Gasteiger partial charge in [0.15, 0.2) is 0 Å². The van der Waals surface area contributed by atoms with E-state index in [-0.39, 0.29) is 0 Å². The van der Waals surface area contributed by atoms with Crippen LogP contribution < -0.4 is 5.32 Å². The molecule has 0 bridgehead atoms. The molecule has 2 aliphatic carbocycles. The summed E-state index contributed by atoms with van der Waals surface area (Å²) < 4.78 is 5.34. The quantitative estimate of drug-likeness (QED) is 0.741. The van der Waals surface area contributed by atoms with Crippen molar-refractivity contribution in [2.45, 2.75) is 82.9 Å². The Kier molecular flexibility index (Phi) is 5.30. The van der Waals surface area contributed by atoms with Crippen molar-refractivity contribution in [3.63, 3.8) is 0 Å². The van der Waals surface area contributed by atoms with Crippen LogP contribution in [0.3, 0.4) is 0 Å². The first-order valence-corrected chi connectivity index (χ1v) is 7.60. The molecular formula is C15H29NO. The Morgan fingerprint density at radius 3 is 2.59 bits per heavy atom. The molecule has 2 nitrogen and oxygen atoms in total. The van der Waals surface area contributed by atoms with E-state index < -0.39 is 0 Å². The summed E-state index contributed by atoms with van der Waals surface area (Å²) in [5, 5.41) is 3.84. The predicted octanol–water partition coefficient (Wildman–Crippen LogP) is 3.50. The van der Waals surface area contributed by atoms with Crippen molar-refractivity contribution in [1.29, 1.82) is 0 Å². The summed E-state index contributed by atoms with van der Waals surface area (Å²) >= 11 is 0. The Hall–Kier alpha value is -0.0800. The second kappa shape index (κ2) is 6.75. The standard InChI is InChI=1S/C15H29NO/c1-3-5-12-6-4-7-13(9-8-12)16-14-10-15(11-14)17-2/h12-16H,3-11H2,1-2H3. The van der Waals surface area contributed by atoms with Gasteiger partial charge in [-0.25, -0.2) is 0 Å². The van der Waals surface area contributed by atoms with Crippen LogP contribution in [0, 0.1) is 5.92 Å². The molecule has 2 fully saturated rings. The summed E-state index contributed by atoms with van der Waals surface area (Å²) in [5.41, 5.74) is 0. The van der Waals surface area contributed by atoms with E-state index in [9.17, 15) is 0 Å². The number of ether oxygens (including phenoxy) is 1. The minimum atomic E-state index is 0.533. The second-order valence-corrected chi connectivity index (χ2v) is 6.05. The first-order valence-electron chi connectivity index (χ1n) is 7.60. The molecule has 0 aromatic heterocycles. The van der Waals surface area contributed by atoms with Gasteiger partial charge in [-0.15, -0.1) is 0 Å². The molecule has 2 rings (SSSR count). The Morgan fingerprint density at radius 1 is 1.06 bits per heavy atom. The van der Waals surface area contributed by atoms with Crippen molar-refractivity contribution in [3.8, 4) is 0 Å². The predicted molar refractivity (Wildman–Crippen MR) is 72.2 cm³/mol. The minimum Gasteiger partial charge on any atom is -0.381 e. The summed E-state index contributed by atoms with van der Waals surface area (Å²) in [6, 6.07) is 1.53. The van der Waals surface area contributed by atoms with Crippen molar-refractivity contribution in [3.05, 3.63) is 0 Å². The van der Waals surface area contributed by atoms with E-state index in [1.165, 1.54) is 57.8 Å². The van der Waals surface area contributed by atoms with Crippen LogP contribution >= 0.6 is 0 Å². The molecule has 0 aromatic carbocycles. The molecule has 2 heteroatoms. The third-order valence-corrected chi connectivity index (χ3v) is 4.68. The highest BCUT2D eigenvalue weighted by Gasteiger charge is 2.31. The maximum atomic E-state index is 5.34. The zero-order valence-corrected chi connectivity index (χ0v) is 11.6. The number of nitrogens with one attached hydrogen (secondary N) is 1. The van der Waals surface area contributed by atoms with Gasteiger partial charge in [-0.2, -0.15) is 0 Å². The van der Waals surface area contributed by atoms with Crippen molar-refractivity contribution >= 4 is 0 Å². The third-order valence-electron chi connectivity index (χ3n) is 4.68. The van der Waals surface area contributed by atoms with Gasteiger partial charge in [0.25, 0.3) is 0 Å². The van der Waals surface area contributed by atoms with E-state index in [1.54, 1.807) is 0 Å². The molecule has 1 N–H and O–H groups in total. The smallest absolute Gasteiger partial charge is 0.0601 e. The first kappa shape index (κ1) is 13.4. The molecule has 2 atom stereocenters. The van der Waals surface area contributed by atoms with Gasteiger partial charge in [0.05, 0.1) is 6.10 Å². The number of rotatable bonds is 5. The van der Waals surface area contributed by atoms with E-state index in [0.717, 1.165) is 18.0 Å². The highest BCUT2D eigenvalue weighted by atomic mass is 16.5. The summed E-state index contributed by atoms with van der Waals surface area (Å²) in [4.78, 5) is 0. The van der Waals surface area contributed by atoms with Gasteiger partial charge in [0, 0.05) is 19.2 Å². The summed E-state index contributed by atoms with van der Waals surface area (Å²) in [6.45, 7) is 2.32. The van der Waals surface area contributed by atoms with E-state index in [0.29, 0.717) is 6.10 Å². The van der Waals surface area contributed by atoms with E-state index in [2.05, 4.69) is 12.2 Å². The third kappa shape index (κ3) is 3.96. The van der Waals surface area contributed by atoms with Crippen LogP contribution in [0.4, 0.5) is 0 Å². The van der Waals surface area contributed by atoms with Gasteiger partial charge in [-0.05, 0) is 38.0 Å². The maximum absolute atomic E-state index is 5.34. The lowest BCUT2D eigenvalue weighted by atomic mass is 9.88. The molecule has 2 saturated carbocycles. The average molecular weight is 239 g/mol. The fourth-order valence-electron chi connectivity index (χ4n) is 3.47. The summed E-state index contributed by atoms with van der Waals surface area (Å²) in [6.07, 6.45) is 12.9. The van der Waals surface area contributed by atoms with Gasteiger partial charge in [0.2, 0.25) is 0 Å². The monoisotopic (exact) mass is 239 g/mol. The zero-order chi connectivity index (χ0) is 12.1. The van der Waals surface area contributed by atoms with Crippen LogP contribution in [0.1, 0.15) is 64.7 Å². The highest BCUT2D eigenvalue weighted by molar-refractivity contribution is 4.89. The van der Waals surface area contributed by atoms with Crippen molar-refractivity contribution in [1.82, 2.24) is 5.32 Å². The van der Waals surface area contributed by atoms with Gasteiger partial charge < -0.3 is 10.1 Å². The van der Waals surface area contributed by atoms with Crippen molar-refractivity contribution in [2.24, 2.45) is 5.92 Å². The summed E-state index contributed by atoms with van der Waals surface area (Å²) in [5.74, 6) is 1.01.